The molecule has 1 aromatic carbocycles. The molecule has 2 saturated heterocycles. The summed E-state index contributed by atoms with van der Waals surface area (Å²) in [6, 6.07) is 7.05. The summed E-state index contributed by atoms with van der Waals surface area (Å²) < 4.78 is 23.6. The van der Waals surface area contributed by atoms with Crippen LogP contribution in [0.25, 0.3) is 0 Å². The second-order valence-electron chi connectivity index (χ2n) is 8.63. The third-order valence-corrected chi connectivity index (χ3v) is 6.15. The van der Waals surface area contributed by atoms with Gasteiger partial charge in [-0.2, -0.15) is 0 Å². The van der Waals surface area contributed by atoms with Crippen molar-refractivity contribution in [2.24, 2.45) is 5.92 Å². The largest absolute Gasteiger partial charge is 0.491 e. The van der Waals surface area contributed by atoms with Crippen LogP contribution in [-0.2, 0) is 19.0 Å². The molecule has 5 atom stereocenters. The molecule has 0 saturated carbocycles. The zero-order valence-electron chi connectivity index (χ0n) is 19.4. The molecule has 2 unspecified atom stereocenters. The van der Waals surface area contributed by atoms with E-state index in [9.17, 15) is 9.90 Å². The number of halogens is 1. The molecule has 8 heteroatoms. The highest BCUT2D eigenvalue weighted by atomic mass is 35.5. The smallest absolute Gasteiger partial charge is 0.303 e. The molecule has 7 nitrogen and oxygen atoms in total. The first-order valence-corrected chi connectivity index (χ1v) is 12.4. The van der Waals surface area contributed by atoms with Crippen molar-refractivity contribution >= 4 is 17.6 Å². The van der Waals surface area contributed by atoms with Crippen molar-refractivity contribution in [2.45, 2.75) is 69.5 Å². The minimum atomic E-state index is -0.794. The molecule has 0 spiro atoms. The summed E-state index contributed by atoms with van der Waals surface area (Å²) in [5.74, 6) is -0.0876. The fraction of sp³-hybridized carbons (Fsp3) is 0.577. The summed E-state index contributed by atoms with van der Waals surface area (Å²) in [6.07, 6.45) is 11.6. The molecule has 2 aliphatic rings. The van der Waals surface area contributed by atoms with E-state index in [1.807, 2.05) is 18.2 Å². The third kappa shape index (κ3) is 9.39. The number of allylic oxidation sites excluding steroid dienone is 2. The van der Waals surface area contributed by atoms with E-state index < -0.39 is 12.1 Å². The number of ether oxygens (including phenoxy) is 4. The van der Waals surface area contributed by atoms with Crippen LogP contribution in [0.2, 0.25) is 5.02 Å². The molecule has 0 amide bonds. The first-order valence-electron chi connectivity index (χ1n) is 12.0. The Balaban J connectivity index is 1.53. The van der Waals surface area contributed by atoms with E-state index >= 15 is 0 Å². The minimum absolute atomic E-state index is 0.0926. The van der Waals surface area contributed by atoms with Crippen molar-refractivity contribution in [3.05, 3.63) is 53.6 Å². The molecule has 2 aliphatic heterocycles. The molecule has 2 N–H and O–H groups in total. The Morgan fingerprint density at radius 2 is 2.09 bits per heavy atom. The molecule has 2 fully saturated rings. The number of hydrogen-bond donors (Lipinski definition) is 2. The molecule has 3 rings (SSSR count). The Hall–Kier alpha value is -1.90. The van der Waals surface area contributed by atoms with E-state index in [4.69, 9.17) is 35.7 Å². The Labute approximate surface area is 206 Å². The number of carboxylic acid groups (broad SMARTS) is 1. The summed E-state index contributed by atoms with van der Waals surface area (Å²) in [5, 5.41) is 19.7. The van der Waals surface area contributed by atoms with Crippen molar-refractivity contribution in [3.63, 3.8) is 0 Å². The number of carboxylic acids is 1. The molecule has 34 heavy (non-hydrogen) atoms. The van der Waals surface area contributed by atoms with Crippen LogP contribution in [0.5, 0.6) is 5.75 Å². The van der Waals surface area contributed by atoms with Gasteiger partial charge in [-0.25, -0.2) is 0 Å². The molecule has 2 heterocycles. The van der Waals surface area contributed by atoms with Gasteiger partial charge in [-0.15, -0.1) is 0 Å². The lowest BCUT2D eigenvalue weighted by Crippen LogP contribution is -2.33. The van der Waals surface area contributed by atoms with Gasteiger partial charge in [0.1, 0.15) is 18.5 Å². The van der Waals surface area contributed by atoms with E-state index in [1.54, 1.807) is 30.3 Å². The van der Waals surface area contributed by atoms with Crippen LogP contribution in [0.3, 0.4) is 0 Å². The van der Waals surface area contributed by atoms with Crippen LogP contribution < -0.4 is 4.74 Å². The fourth-order valence-corrected chi connectivity index (χ4v) is 4.31. The highest BCUT2D eigenvalue weighted by molar-refractivity contribution is 6.30. The van der Waals surface area contributed by atoms with Gasteiger partial charge in [-0.05, 0) is 56.7 Å². The van der Waals surface area contributed by atoms with Gasteiger partial charge in [0.2, 0.25) is 0 Å². The number of aliphatic hydroxyl groups excluding tert-OH is 1. The number of benzene rings is 1. The highest BCUT2D eigenvalue weighted by Gasteiger charge is 2.38. The number of carbonyl (C=O) groups is 1. The van der Waals surface area contributed by atoms with Crippen LogP contribution in [0, 0.1) is 5.92 Å². The van der Waals surface area contributed by atoms with Gasteiger partial charge in [-0.1, -0.05) is 42.0 Å². The van der Waals surface area contributed by atoms with Gasteiger partial charge in [0.25, 0.3) is 0 Å². The number of hydrogen-bond acceptors (Lipinski definition) is 6. The van der Waals surface area contributed by atoms with Crippen molar-refractivity contribution < 1.29 is 34.0 Å². The lowest BCUT2D eigenvalue weighted by atomic mass is 9.92. The number of rotatable bonds is 13. The summed E-state index contributed by atoms with van der Waals surface area (Å²) in [7, 11) is 0. The Morgan fingerprint density at radius 3 is 2.85 bits per heavy atom. The average molecular weight is 495 g/mol. The van der Waals surface area contributed by atoms with Gasteiger partial charge in [-0.3, -0.25) is 4.79 Å². The maximum atomic E-state index is 10.7. The Morgan fingerprint density at radius 1 is 1.24 bits per heavy atom. The zero-order valence-corrected chi connectivity index (χ0v) is 20.1. The second kappa shape index (κ2) is 14.5. The molecule has 0 aromatic heterocycles. The predicted octanol–water partition coefficient (Wildman–Crippen LogP) is 4.76. The van der Waals surface area contributed by atoms with E-state index in [0.717, 1.165) is 38.7 Å². The van der Waals surface area contributed by atoms with Gasteiger partial charge in [0.15, 0.2) is 6.29 Å². The molecular formula is C26H35ClO7. The number of aliphatic hydroxyl groups is 1. The third-order valence-electron chi connectivity index (χ3n) is 5.91. The first-order chi connectivity index (χ1) is 16.5. The normalized spacial score (nSPS) is 26.3. The summed E-state index contributed by atoms with van der Waals surface area (Å²) in [5.41, 5.74) is 0. The average Bonchev–Trinajstić information content (AvgIpc) is 3.20. The summed E-state index contributed by atoms with van der Waals surface area (Å²) in [4.78, 5) is 10.7. The summed E-state index contributed by atoms with van der Waals surface area (Å²) in [6.45, 7) is 1.30. The van der Waals surface area contributed by atoms with Crippen molar-refractivity contribution in [1.82, 2.24) is 0 Å². The van der Waals surface area contributed by atoms with Crippen LogP contribution in [0.15, 0.2) is 48.6 Å². The highest BCUT2D eigenvalue weighted by Crippen LogP contribution is 2.32. The van der Waals surface area contributed by atoms with Gasteiger partial charge >= 0.3 is 5.97 Å². The standard InChI is InChI=1S/C26H35ClO7/c27-19-8-7-9-21(16-19)32-17-20(28)13-14-23-22(10-3-1-2-4-11-25(29)30)24(18-33-23)34-26-12-5-6-15-31-26/h1-2,7-9,13-14,16,20,22-24,26,28H,3-6,10-12,15,17-18H2,(H,29,30)/b2-1-,14-13?/t20?,22-,23-,24+,26?/m1/s1. The van der Waals surface area contributed by atoms with Crippen LogP contribution >= 0.6 is 11.6 Å². The van der Waals surface area contributed by atoms with Crippen molar-refractivity contribution in [2.75, 3.05) is 19.8 Å². The minimum Gasteiger partial charge on any atom is -0.491 e. The molecule has 0 bridgehead atoms. The van der Waals surface area contributed by atoms with Crippen molar-refractivity contribution in [3.8, 4) is 5.75 Å². The maximum Gasteiger partial charge on any atom is 0.303 e. The van der Waals surface area contributed by atoms with E-state index in [-0.39, 0.29) is 37.4 Å². The predicted molar refractivity (Wildman–Crippen MR) is 129 cm³/mol. The van der Waals surface area contributed by atoms with E-state index in [0.29, 0.717) is 23.8 Å². The van der Waals surface area contributed by atoms with Gasteiger partial charge in [0.05, 0.1) is 18.8 Å². The van der Waals surface area contributed by atoms with Gasteiger partial charge < -0.3 is 29.2 Å². The maximum absolute atomic E-state index is 10.7. The monoisotopic (exact) mass is 494 g/mol. The lowest BCUT2D eigenvalue weighted by Gasteiger charge is -2.28. The van der Waals surface area contributed by atoms with Crippen LogP contribution in [0.4, 0.5) is 0 Å². The van der Waals surface area contributed by atoms with Crippen LogP contribution in [-0.4, -0.2) is 60.6 Å². The molecular weight excluding hydrogens is 460 g/mol. The van der Waals surface area contributed by atoms with E-state index in [1.165, 1.54) is 0 Å². The number of aliphatic carboxylic acids is 1. The summed E-state index contributed by atoms with van der Waals surface area (Å²) >= 11 is 5.97. The fourth-order valence-electron chi connectivity index (χ4n) is 4.13. The molecule has 0 aliphatic carbocycles. The quantitative estimate of drug-likeness (QED) is 0.381. The zero-order chi connectivity index (χ0) is 24.2. The van der Waals surface area contributed by atoms with Crippen molar-refractivity contribution in [1.29, 1.82) is 0 Å². The Bertz CT molecular complexity index is 806. The van der Waals surface area contributed by atoms with E-state index in [2.05, 4.69) is 0 Å². The topological polar surface area (TPSA) is 94.5 Å². The molecule has 1 aromatic rings. The molecule has 0 radical (unpaired) electrons. The SMILES string of the molecule is O=C(O)CC/C=C\CC[C@H]1[C@@H](OC2CCCCO2)CO[C@@H]1C=CC(O)COc1cccc(Cl)c1. The van der Waals surface area contributed by atoms with Gasteiger partial charge in [0, 0.05) is 24.0 Å². The lowest BCUT2D eigenvalue weighted by molar-refractivity contribution is -0.194. The second-order valence-corrected chi connectivity index (χ2v) is 9.07. The van der Waals surface area contributed by atoms with Crippen LogP contribution in [0.1, 0.15) is 44.9 Å². The molecule has 188 valence electrons. The first kappa shape index (κ1) is 26.7. The Kier molecular flexibility index (Phi) is 11.4.